The van der Waals surface area contributed by atoms with Gasteiger partial charge in [0.1, 0.15) is 5.60 Å². The Labute approximate surface area is 193 Å². The quantitative estimate of drug-likeness (QED) is 0.360. The number of carbonyl (C=O) groups excluding carboxylic acids is 4. The topological polar surface area (TPSA) is 136 Å². The van der Waals surface area contributed by atoms with Gasteiger partial charge in [0.15, 0.2) is 24.1 Å². The van der Waals surface area contributed by atoms with Gasteiger partial charge < -0.3 is 24.4 Å². The Morgan fingerprint density at radius 1 is 1.27 bits per heavy atom. The van der Waals surface area contributed by atoms with E-state index in [1.165, 1.54) is 19.9 Å². The van der Waals surface area contributed by atoms with E-state index in [4.69, 9.17) is 14.2 Å². The Kier molecular flexibility index (Phi) is 8.24. The Bertz CT molecular complexity index is 854. The third-order valence-corrected chi connectivity index (χ3v) is 6.24. The summed E-state index contributed by atoms with van der Waals surface area (Å²) in [7, 11) is 0. The van der Waals surface area contributed by atoms with Gasteiger partial charge in [0, 0.05) is 23.5 Å². The molecule has 2 rings (SSSR count). The fourth-order valence-electron chi connectivity index (χ4n) is 4.14. The molecule has 2 N–H and O–H groups in total. The second-order valence-corrected chi connectivity index (χ2v) is 9.48. The van der Waals surface area contributed by atoms with E-state index in [0.717, 1.165) is 0 Å². The molecule has 184 valence electrons. The minimum atomic E-state index is -1.84. The van der Waals surface area contributed by atoms with E-state index >= 15 is 0 Å². The second kappa shape index (κ2) is 10.2. The number of carbonyl (C=O) groups is 4. The smallest absolute Gasteiger partial charge is 0.334 e. The summed E-state index contributed by atoms with van der Waals surface area (Å²) in [5, 5.41) is 21.9. The van der Waals surface area contributed by atoms with Crippen LogP contribution in [0.4, 0.5) is 0 Å². The van der Waals surface area contributed by atoms with Crippen molar-refractivity contribution in [3.05, 3.63) is 23.8 Å². The first-order valence-electron chi connectivity index (χ1n) is 11.1. The molecule has 2 fully saturated rings. The van der Waals surface area contributed by atoms with Gasteiger partial charge in [-0.05, 0) is 27.2 Å². The standard InChI is InChI=1S/C24H34O9/c1-8-12(4)22(28)33-20-19-16(14(6)23(29)32-19)18(31-21(27)11(2)3)17(26)13(5)9-15(25)10-24(20,7)30/h8,11,13,15-16,18-20,25,30H,6,9-10H2,1-5,7H3/b12-8-/t13-,15-,16-,18-,19+,20-,24-/m0/s1. The fraction of sp³-hybridized carbons (Fsp3) is 0.667. The van der Waals surface area contributed by atoms with E-state index in [0.29, 0.717) is 0 Å². The Hall–Kier alpha value is -2.52. The zero-order valence-electron chi connectivity index (χ0n) is 20.0. The lowest BCUT2D eigenvalue weighted by molar-refractivity contribution is -0.195. The summed E-state index contributed by atoms with van der Waals surface area (Å²) in [5.41, 5.74) is -1.72. The summed E-state index contributed by atoms with van der Waals surface area (Å²) in [6.45, 7) is 13.0. The monoisotopic (exact) mass is 466 g/mol. The van der Waals surface area contributed by atoms with E-state index in [2.05, 4.69) is 6.58 Å². The Morgan fingerprint density at radius 3 is 2.42 bits per heavy atom. The van der Waals surface area contributed by atoms with Gasteiger partial charge >= 0.3 is 17.9 Å². The highest BCUT2D eigenvalue weighted by atomic mass is 16.6. The van der Waals surface area contributed by atoms with Gasteiger partial charge in [-0.2, -0.15) is 0 Å². The van der Waals surface area contributed by atoms with Crippen LogP contribution in [-0.4, -0.2) is 63.9 Å². The molecule has 9 nitrogen and oxygen atoms in total. The molecule has 0 amide bonds. The normalized spacial score (nSPS) is 35.7. The summed E-state index contributed by atoms with van der Waals surface area (Å²) >= 11 is 0. The third kappa shape index (κ3) is 5.70. The third-order valence-electron chi connectivity index (χ3n) is 6.24. The first-order chi connectivity index (χ1) is 15.2. The predicted molar refractivity (Wildman–Crippen MR) is 117 cm³/mol. The molecule has 0 bridgehead atoms. The van der Waals surface area contributed by atoms with Crippen LogP contribution in [0.25, 0.3) is 0 Å². The molecule has 1 saturated carbocycles. The average Bonchev–Trinajstić information content (AvgIpc) is 3.01. The van der Waals surface area contributed by atoms with Crippen molar-refractivity contribution in [2.45, 2.75) is 84.4 Å². The van der Waals surface area contributed by atoms with E-state index in [9.17, 15) is 29.4 Å². The highest BCUT2D eigenvalue weighted by Gasteiger charge is 2.57. The van der Waals surface area contributed by atoms with Gasteiger partial charge in [0.05, 0.1) is 17.9 Å². The van der Waals surface area contributed by atoms with Crippen molar-refractivity contribution in [1.82, 2.24) is 0 Å². The molecular formula is C24H34O9. The van der Waals surface area contributed by atoms with Crippen LogP contribution in [0.5, 0.6) is 0 Å². The van der Waals surface area contributed by atoms with Crippen molar-refractivity contribution < 1.29 is 43.6 Å². The molecule has 2 aliphatic rings. The molecule has 0 spiro atoms. The van der Waals surface area contributed by atoms with Crippen molar-refractivity contribution >= 4 is 23.7 Å². The zero-order valence-corrected chi connectivity index (χ0v) is 20.0. The number of esters is 3. The van der Waals surface area contributed by atoms with Gasteiger partial charge in [-0.3, -0.25) is 9.59 Å². The number of hydrogen-bond donors (Lipinski definition) is 2. The molecule has 9 heteroatoms. The molecule has 0 aromatic carbocycles. The molecule has 7 atom stereocenters. The van der Waals surface area contributed by atoms with Crippen LogP contribution < -0.4 is 0 Å². The molecule has 1 aliphatic carbocycles. The van der Waals surface area contributed by atoms with Crippen LogP contribution in [0, 0.1) is 17.8 Å². The maximum atomic E-state index is 13.3. The molecule has 1 saturated heterocycles. The van der Waals surface area contributed by atoms with Crippen molar-refractivity contribution in [3.8, 4) is 0 Å². The van der Waals surface area contributed by atoms with Crippen molar-refractivity contribution in [2.75, 3.05) is 0 Å². The molecular weight excluding hydrogens is 432 g/mol. The zero-order chi connectivity index (χ0) is 25.2. The van der Waals surface area contributed by atoms with Crippen molar-refractivity contribution in [2.24, 2.45) is 17.8 Å². The van der Waals surface area contributed by atoms with Gasteiger partial charge in [-0.1, -0.05) is 33.4 Å². The summed E-state index contributed by atoms with van der Waals surface area (Å²) in [4.78, 5) is 50.9. The molecule has 1 heterocycles. The van der Waals surface area contributed by atoms with Crippen LogP contribution in [0.15, 0.2) is 23.8 Å². The number of ether oxygens (including phenoxy) is 3. The highest BCUT2D eigenvalue weighted by molar-refractivity contribution is 5.95. The van der Waals surface area contributed by atoms with Gasteiger partial charge in [0.2, 0.25) is 0 Å². The Morgan fingerprint density at radius 2 is 1.88 bits per heavy atom. The van der Waals surface area contributed by atoms with Gasteiger partial charge in [-0.25, -0.2) is 9.59 Å². The number of fused-ring (bicyclic) bond motifs is 1. The summed E-state index contributed by atoms with van der Waals surface area (Å²) in [6, 6.07) is 0. The number of rotatable bonds is 4. The first kappa shape index (κ1) is 26.7. The molecule has 33 heavy (non-hydrogen) atoms. The van der Waals surface area contributed by atoms with Crippen LogP contribution in [0.3, 0.4) is 0 Å². The lowest BCUT2D eigenvalue weighted by Gasteiger charge is -2.41. The van der Waals surface area contributed by atoms with E-state index in [1.54, 1.807) is 27.7 Å². The second-order valence-electron chi connectivity index (χ2n) is 9.48. The van der Waals surface area contributed by atoms with E-state index in [1.807, 2.05) is 0 Å². The highest BCUT2D eigenvalue weighted by Crippen LogP contribution is 2.41. The van der Waals surface area contributed by atoms with Gasteiger partial charge in [-0.15, -0.1) is 0 Å². The van der Waals surface area contributed by atoms with E-state index < -0.39 is 71.5 Å². The van der Waals surface area contributed by atoms with Crippen molar-refractivity contribution in [3.63, 3.8) is 0 Å². The van der Waals surface area contributed by atoms with Crippen molar-refractivity contribution in [1.29, 1.82) is 0 Å². The van der Waals surface area contributed by atoms with Crippen LogP contribution >= 0.6 is 0 Å². The van der Waals surface area contributed by atoms with Crippen LogP contribution in [0.1, 0.15) is 54.4 Å². The summed E-state index contributed by atoms with van der Waals surface area (Å²) in [6.07, 6.45) is -4.20. The minimum Gasteiger partial charge on any atom is -0.454 e. The number of hydrogen-bond acceptors (Lipinski definition) is 9. The maximum Gasteiger partial charge on any atom is 0.334 e. The van der Waals surface area contributed by atoms with Crippen LogP contribution in [-0.2, 0) is 33.4 Å². The van der Waals surface area contributed by atoms with Gasteiger partial charge in [0.25, 0.3) is 0 Å². The average molecular weight is 467 g/mol. The SMILES string of the molecule is C=C1C(=O)O[C@@H]2[C@@H]1[C@H](OC(=O)C(C)C)C(=O)[C@@H](C)C[C@H](O)C[C@](C)(O)[C@H]2OC(=O)/C(C)=C\C. The Balaban J connectivity index is 2.65. The first-order valence-corrected chi connectivity index (χ1v) is 11.1. The number of aliphatic hydroxyl groups is 2. The number of allylic oxidation sites excluding steroid dienone is 1. The number of ketones is 1. The lowest BCUT2D eigenvalue weighted by Crippen LogP contribution is -2.57. The van der Waals surface area contributed by atoms with E-state index in [-0.39, 0.29) is 24.0 Å². The maximum absolute atomic E-state index is 13.3. The largest absolute Gasteiger partial charge is 0.454 e. The molecule has 1 aliphatic heterocycles. The number of aliphatic hydroxyl groups excluding tert-OH is 1. The number of Topliss-reactive ketones (excluding diaryl/α,β-unsaturated/α-hetero) is 1. The van der Waals surface area contributed by atoms with Crippen LogP contribution in [0.2, 0.25) is 0 Å². The molecule has 0 aromatic heterocycles. The molecule has 0 radical (unpaired) electrons. The fourth-order valence-corrected chi connectivity index (χ4v) is 4.14. The summed E-state index contributed by atoms with van der Waals surface area (Å²) in [5.74, 6) is -5.31. The molecule has 0 aromatic rings. The lowest BCUT2D eigenvalue weighted by atomic mass is 9.75. The predicted octanol–water partition coefficient (Wildman–Crippen LogP) is 1.64. The summed E-state index contributed by atoms with van der Waals surface area (Å²) < 4.78 is 16.5. The molecule has 0 unspecified atom stereocenters. The minimum absolute atomic E-state index is 0.0298.